The van der Waals surface area contributed by atoms with Gasteiger partial charge in [0.2, 0.25) is 6.41 Å². The summed E-state index contributed by atoms with van der Waals surface area (Å²) in [5.74, 6) is -0.262. The molecule has 30 heavy (non-hydrogen) atoms. The second-order valence-corrected chi connectivity index (χ2v) is 8.06. The van der Waals surface area contributed by atoms with Crippen molar-refractivity contribution in [1.82, 2.24) is 10.6 Å². The minimum absolute atomic E-state index is 0.194. The number of halogens is 1. The molecule has 1 aliphatic rings. The van der Waals surface area contributed by atoms with Crippen LogP contribution >= 0.6 is 22.9 Å². The second-order valence-electron chi connectivity index (χ2n) is 6.34. The maximum atomic E-state index is 12.2. The number of carbonyl (C=O) groups excluding carboxylic acids is 3. The van der Waals surface area contributed by atoms with E-state index in [1.807, 2.05) is 0 Å². The Morgan fingerprint density at radius 1 is 1.33 bits per heavy atom. The van der Waals surface area contributed by atoms with E-state index in [2.05, 4.69) is 10.6 Å². The van der Waals surface area contributed by atoms with Crippen LogP contribution in [0.25, 0.3) is 0 Å². The molecule has 11 heteroatoms. The van der Waals surface area contributed by atoms with Gasteiger partial charge in [-0.1, -0.05) is 11.6 Å². The molecule has 0 bridgehead atoms. The molecule has 2 aromatic rings. The van der Waals surface area contributed by atoms with Crippen molar-refractivity contribution in [3.8, 4) is 0 Å². The number of carbonyl (C=O) groups is 3. The summed E-state index contributed by atoms with van der Waals surface area (Å²) in [6.07, 6.45) is 0.827. The minimum Gasteiger partial charge on any atom is -0.442 e. The number of rotatable bonds is 10. The van der Waals surface area contributed by atoms with E-state index >= 15 is 0 Å². The Hall–Kier alpha value is -3.11. The summed E-state index contributed by atoms with van der Waals surface area (Å²) < 4.78 is 5.88. The number of benzene rings is 1. The first kappa shape index (κ1) is 21.6. The van der Waals surface area contributed by atoms with Gasteiger partial charge in [-0.15, -0.1) is 11.3 Å². The molecule has 0 radical (unpaired) electrons. The zero-order chi connectivity index (χ0) is 21.5. The third-order valence-electron chi connectivity index (χ3n) is 4.39. The molecule has 1 atom stereocenters. The molecular weight excluding hydrogens is 430 g/mol. The number of thiophene rings is 1. The third-order valence-corrected chi connectivity index (χ3v) is 5.62. The highest BCUT2D eigenvalue weighted by atomic mass is 35.5. The zero-order valence-electron chi connectivity index (χ0n) is 15.8. The first-order valence-electron chi connectivity index (χ1n) is 9.08. The number of hydrogen-bond donors (Lipinski definition) is 3. The molecule has 1 aliphatic heterocycles. The lowest BCUT2D eigenvalue weighted by Gasteiger charge is -2.20. The van der Waals surface area contributed by atoms with Crippen molar-refractivity contribution in [2.75, 3.05) is 36.0 Å². The molecule has 1 aromatic carbocycles. The van der Waals surface area contributed by atoms with Crippen LogP contribution in [0.15, 0.2) is 36.4 Å². The molecule has 3 N–H and O–H groups in total. The summed E-state index contributed by atoms with van der Waals surface area (Å²) in [7, 11) is 0. The highest BCUT2D eigenvalue weighted by Crippen LogP contribution is 2.25. The standard InChI is InChI=1S/C19H20ClN5O4S/c20-17-6-5-16(30-17)18(27)23-9-15-10-25(19(28)29-15)14-3-1-13(2-4-14)24(11-21)8-7-22-12-26/h1-6,11-12,15,21H,7-10H2,(H,22,26)(H,23,27)/t15-/m0/s1. The maximum Gasteiger partial charge on any atom is 0.414 e. The largest absolute Gasteiger partial charge is 0.442 e. The van der Waals surface area contributed by atoms with Crippen molar-refractivity contribution in [3.63, 3.8) is 0 Å². The smallest absolute Gasteiger partial charge is 0.414 e. The van der Waals surface area contributed by atoms with E-state index in [1.54, 1.807) is 41.3 Å². The van der Waals surface area contributed by atoms with Crippen molar-refractivity contribution in [2.45, 2.75) is 6.10 Å². The zero-order valence-corrected chi connectivity index (χ0v) is 17.4. The molecule has 0 unspecified atom stereocenters. The molecule has 2 heterocycles. The molecule has 3 rings (SSSR count). The average molecular weight is 450 g/mol. The molecule has 9 nitrogen and oxygen atoms in total. The molecule has 1 saturated heterocycles. The fraction of sp³-hybridized carbons (Fsp3) is 0.263. The van der Waals surface area contributed by atoms with E-state index in [4.69, 9.17) is 21.7 Å². The van der Waals surface area contributed by atoms with Crippen LogP contribution in [0, 0.1) is 5.41 Å². The van der Waals surface area contributed by atoms with Crippen LogP contribution in [0.1, 0.15) is 9.67 Å². The van der Waals surface area contributed by atoms with E-state index < -0.39 is 12.2 Å². The summed E-state index contributed by atoms with van der Waals surface area (Å²) in [5, 5.41) is 12.8. The Morgan fingerprint density at radius 2 is 2.10 bits per heavy atom. The molecule has 1 aromatic heterocycles. The number of ether oxygens (including phenoxy) is 1. The third kappa shape index (κ3) is 5.28. The van der Waals surface area contributed by atoms with Gasteiger partial charge in [0.05, 0.1) is 28.6 Å². The highest BCUT2D eigenvalue weighted by Gasteiger charge is 2.32. The summed E-state index contributed by atoms with van der Waals surface area (Å²) >= 11 is 7.02. The van der Waals surface area contributed by atoms with Crippen molar-refractivity contribution in [2.24, 2.45) is 0 Å². The molecule has 0 spiro atoms. The summed E-state index contributed by atoms with van der Waals surface area (Å²) in [6.45, 7) is 1.36. The monoisotopic (exact) mass is 449 g/mol. The van der Waals surface area contributed by atoms with Crippen LogP contribution in [0.3, 0.4) is 0 Å². The Morgan fingerprint density at radius 3 is 2.73 bits per heavy atom. The van der Waals surface area contributed by atoms with E-state index in [9.17, 15) is 14.4 Å². The maximum absolute atomic E-state index is 12.2. The Bertz CT molecular complexity index is 920. The van der Waals surface area contributed by atoms with E-state index in [0.29, 0.717) is 40.9 Å². The number of amides is 3. The Balaban J connectivity index is 1.56. The van der Waals surface area contributed by atoms with Crippen LogP contribution in [0.5, 0.6) is 0 Å². The van der Waals surface area contributed by atoms with Crippen molar-refractivity contribution >= 4 is 59.1 Å². The Labute approximate surface area is 182 Å². The lowest BCUT2D eigenvalue weighted by molar-refractivity contribution is -0.109. The average Bonchev–Trinajstić information content (AvgIpc) is 3.35. The fourth-order valence-corrected chi connectivity index (χ4v) is 3.86. The SMILES string of the molecule is N=CN(CCNC=O)c1ccc(N2C[C@H](CNC(=O)c3ccc(Cl)s3)OC2=O)cc1. The number of hydrogen-bond acceptors (Lipinski definition) is 6. The fourth-order valence-electron chi connectivity index (χ4n) is 2.90. The first-order chi connectivity index (χ1) is 14.5. The summed E-state index contributed by atoms with van der Waals surface area (Å²) in [4.78, 5) is 38.4. The predicted molar refractivity (Wildman–Crippen MR) is 116 cm³/mol. The van der Waals surface area contributed by atoms with E-state index in [-0.39, 0.29) is 12.5 Å². The van der Waals surface area contributed by atoms with Crippen LogP contribution in [0.2, 0.25) is 4.34 Å². The quantitative estimate of drug-likeness (QED) is 0.223. The van der Waals surface area contributed by atoms with Crippen LogP contribution in [-0.2, 0) is 9.53 Å². The first-order valence-corrected chi connectivity index (χ1v) is 10.3. The summed E-state index contributed by atoms with van der Waals surface area (Å²) in [6, 6.07) is 10.4. The molecule has 158 valence electrons. The van der Waals surface area contributed by atoms with Gasteiger partial charge in [-0.05, 0) is 36.4 Å². The number of cyclic esters (lactones) is 1. The lowest BCUT2D eigenvalue weighted by atomic mass is 10.2. The molecule has 0 saturated carbocycles. The van der Waals surface area contributed by atoms with Gasteiger partial charge in [-0.3, -0.25) is 19.9 Å². The minimum atomic E-state index is -0.486. The van der Waals surface area contributed by atoms with Gasteiger partial charge in [0.1, 0.15) is 6.10 Å². The van der Waals surface area contributed by atoms with Crippen LogP contribution in [0.4, 0.5) is 16.2 Å². The predicted octanol–water partition coefficient (Wildman–Crippen LogP) is 2.32. The highest BCUT2D eigenvalue weighted by molar-refractivity contribution is 7.18. The van der Waals surface area contributed by atoms with Gasteiger partial charge in [-0.25, -0.2) is 4.79 Å². The van der Waals surface area contributed by atoms with Crippen molar-refractivity contribution in [3.05, 3.63) is 45.6 Å². The number of anilines is 2. The van der Waals surface area contributed by atoms with Gasteiger partial charge < -0.3 is 20.3 Å². The van der Waals surface area contributed by atoms with E-state index in [1.165, 1.54) is 22.6 Å². The van der Waals surface area contributed by atoms with Crippen molar-refractivity contribution < 1.29 is 19.1 Å². The summed E-state index contributed by atoms with van der Waals surface area (Å²) in [5.41, 5.74) is 1.41. The molecule has 3 amide bonds. The van der Waals surface area contributed by atoms with Crippen molar-refractivity contribution in [1.29, 1.82) is 5.41 Å². The van der Waals surface area contributed by atoms with Gasteiger partial charge >= 0.3 is 6.09 Å². The normalized spacial score (nSPS) is 15.4. The molecular formula is C19H20ClN5O4S. The van der Waals surface area contributed by atoms with Gasteiger partial charge in [0.15, 0.2) is 0 Å². The number of nitrogens with one attached hydrogen (secondary N) is 3. The van der Waals surface area contributed by atoms with Crippen LogP contribution < -0.4 is 20.4 Å². The lowest BCUT2D eigenvalue weighted by Crippen LogP contribution is -2.34. The second kappa shape index (κ2) is 10.1. The van der Waals surface area contributed by atoms with Crippen LogP contribution in [-0.4, -0.2) is 57.0 Å². The van der Waals surface area contributed by atoms with Gasteiger partial charge in [0.25, 0.3) is 5.91 Å². The molecule has 1 fully saturated rings. The van der Waals surface area contributed by atoms with E-state index in [0.717, 1.165) is 5.69 Å². The number of nitrogens with zero attached hydrogens (tertiary/aromatic N) is 2. The topological polar surface area (TPSA) is 115 Å². The van der Waals surface area contributed by atoms with Gasteiger partial charge in [0, 0.05) is 24.5 Å². The Kier molecular flexibility index (Phi) is 7.26. The van der Waals surface area contributed by atoms with Gasteiger partial charge in [-0.2, -0.15) is 0 Å². The molecule has 0 aliphatic carbocycles.